The second-order valence-corrected chi connectivity index (χ2v) is 4.62. The Morgan fingerprint density at radius 3 is 2.21 bits per heavy atom. The minimum atomic E-state index is 0.0588. The van der Waals surface area contributed by atoms with Crippen LogP contribution in [0.4, 0.5) is 0 Å². The third kappa shape index (κ3) is 1.89. The molecular weight excluding hydrogens is 221 g/mol. The van der Waals surface area contributed by atoms with Gasteiger partial charge in [0.05, 0.1) is 6.61 Å². The molecule has 2 rings (SSSR count). The van der Waals surface area contributed by atoms with Gasteiger partial charge in [0.2, 0.25) is 0 Å². The Morgan fingerprint density at radius 2 is 1.79 bits per heavy atom. The minimum absolute atomic E-state index is 0.0588. The van der Waals surface area contributed by atoms with Gasteiger partial charge < -0.3 is 4.84 Å². The summed E-state index contributed by atoms with van der Waals surface area (Å²) in [4.78, 5) is 4.72. The van der Waals surface area contributed by atoms with Crippen molar-refractivity contribution < 1.29 is 4.84 Å². The van der Waals surface area contributed by atoms with Crippen molar-refractivity contribution in [3.05, 3.63) is 33.8 Å². The summed E-state index contributed by atoms with van der Waals surface area (Å²) in [6.45, 7) is 0.531. The number of nitrogens with two attached hydrogens (primary N) is 1. The van der Waals surface area contributed by atoms with E-state index in [2.05, 4.69) is 0 Å². The largest absolute Gasteiger partial charge is 0.304 e. The normalized spacial score (nSPS) is 18.2. The van der Waals surface area contributed by atoms with Gasteiger partial charge in [-0.05, 0) is 36.6 Å². The first-order chi connectivity index (χ1) is 6.66. The van der Waals surface area contributed by atoms with Gasteiger partial charge in [-0.15, -0.1) is 0 Å². The number of hydrogen-bond donors (Lipinski definition) is 1. The highest BCUT2D eigenvalue weighted by Crippen LogP contribution is 2.49. The smallest absolute Gasteiger partial charge is 0.0775 e. The van der Waals surface area contributed by atoms with E-state index in [9.17, 15) is 0 Å². The standard InChI is InChI=1S/C10H11Cl2NO/c11-8-3-7(4-9(12)5-8)10(1-2-10)6-14-13/h3-5H,1-2,6,13H2. The van der Waals surface area contributed by atoms with Crippen molar-refractivity contribution in [2.75, 3.05) is 6.61 Å². The maximum Gasteiger partial charge on any atom is 0.0775 e. The summed E-state index contributed by atoms with van der Waals surface area (Å²) in [5.41, 5.74) is 1.18. The molecule has 76 valence electrons. The summed E-state index contributed by atoms with van der Waals surface area (Å²) in [5.74, 6) is 5.10. The zero-order chi connectivity index (χ0) is 10.2. The first-order valence-corrected chi connectivity index (χ1v) is 5.20. The first-order valence-electron chi connectivity index (χ1n) is 4.45. The first kappa shape index (κ1) is 10.2. The van der Waals surface area contributed by atoms with E-state index >= 15 is 0 Å². The Balaban J connectivity index is 2.32. The van der Waals surface area contributed by atoms with Crippen LogP contribution in [0.1, 0.15) is 18.4 Å². The molecule has 1 aromatic carbocycles. The van der Waals surface area contributed by atoms with Crippen molar-refractivity contribution in [3.8, 4) is 0 Å². The molecule has 0 radical (unpaired) electrons. The maximum atomic E-state index is 5.93. The molecule has 2 nitrogen and oxygen atoms in total. The van der Waals surface area contributed by atoms with Gasteiger partial charge in [0.15, 0.2) is 0 Å². The molecule has 1 aliphatic rings. The van der Waals surface area contributed by atoms with Crippen LogP contribution in [0.25, 0.3) is 0 Å². The van der Waals surface area contributed by atoms with Crippen molar-refractivity contribution in [1.29, 1.82) is 0 Å². The predicted molar refractivity (Wildman–Crippen MR) is 57.5 cm³/mol. The van der Waals surface area contributed by atoms with Crippen LogP contribution in [0, 0.1) is 0 Å². The van der Waals surface area contributed by atoms with Crippen LogP contribution in [-0.2, 0) is 10.3 Å². The van der Waals surface area contributed by atoms with E-state index in [1.807, 2.05) is 12.1 Å². The van der Waals surface area contributed by atoms with Crippen molar-refractivity contribution in [2.24, 2.45) is 5.90 Å². The molecule has 1 aliphatic carbocycles. The zero-order valence-electron chi connectivity index (χ0n) is 7.59. The third-order valence-corrected chi connectivity index (χ3v) is 3.12. The fourth-order valence-corrected chi connectivity index (χ4v) is 2.21. The van der Waals surface area contributed by atoms with Gasteiger partial charge in [0.1, 0.15) is 0 Å². The van der Waals surface area contributed by atoms with Crippen LogP contribution in [0.15, 0.2) is 18.2 Å². The highest BCUT2D eigenvalue weighted by molar-refractivity contribution is 6.34. The molecular formula is C10H11Cl2NO. The number of halogens is 2. The monoisotopic (exact) mass is 231 g/mol. The van der Waals surface area contributed by atoms with Crippen LogP contribution in [0.3, 0.4) is 0 Å². The molecule has 0 aromatic heterocycles. The van der Waals surface area contributed by atoms with Crippen molar-refractivity contribution in [2.45, 2.75) is 18.3 Å². The van der Waals surface area contributed by atoms with Crippen LogP contribution in [0.2, 0.25) is 10.0 Å². The second-order valence-electron chi connectivity index (χ2n) is 3.75. The Hall–Kier alpha value is -0.280. The molecule has 0 atom stereocenters. The predicted octanol–water partition coefficient (Wildman–Crippen LogP) is 2.92. The molecule has 0 spiro atoms. The van der Waals surface area contributed by atoms with Crippen molar-refractivity contribution in [1.82, 2.24) is 0 Å². The summed E-state index contributed by atoms with van der Waals surface area (Å²) >= 11 is 11.9. The Bertz CT molecular complexity index is 330. The Labute approximate surface area is 92.9 Å². The van der Waals surface area contributed by atoms with Gasteiger partial charge in [-0.2, -0.15) is 0 Å². The molecule has 1 saturated carbocycles. The lowest BCUT2D eigenvalue weighted by molar-refractivity contribution is 0.116. The molecule has 0 unspecified atom stereocenters. The van der Waals surface area contributed by atoms with Gasteiger partial charge in [-0.3, -0.25) is 0 Å². The minimum Gasteiger partial charge on any atom is -0.304 e. The quantitative estimate of drug-likeness (QED) is 0.813. The summed E-state index contributed by atoms with van der Waals surface area (Å²) in [6.07, 6.45) is 2.17. The maximum absolute atomic E-state index is 5.93. The van der Waals surface area contributed by atoms with Crippen LogP contribution < -0.4 is 5.90 Å². The molecule has 1 aromatic rings. The van der Waals surface area contributed by atoms with Crippen molar-refractivity contribution in [3.63, 3.8) is 0 Å². The van der Waals surface area contributed by atoms with E-state index in [1.165, 1.54) is 0 Å². The molecule has 2 N–H and O–H groups in total. The van der Waals surface area contributed by atoms with Crippen LogP contribution in [-0.4, -0.2) is 6.61 Å². The average molecular weight is 232 g/mol. The molecule has 14 heavy (non-hydrogen) atoms. The van der Waals surface area contributed by atoms with E-state index < -0.39 is 0 Å². The molecule has 0 saturated heterocycles. The van der Waals surface area contributed by atoms with Crippen LogP contribution in [0.5, 0.6) is 0 Å². The summed E-state index contributed by atoms with van der Waals surface area (Å²) < 4.78 is 0. The summed E-state index contributed by atoms with van der Waals surface area (Å²) in [7, 11) is 0. The van der Waals surface area contributed by atoms with Gasteiger partial charge >= 0.3 is 0 Å². The molecule has 0 amide bonds. The van der Waals surface area contributed by atoms with E-state index in [0.717, 1.165) is 18.4 Å². The Kier molecular flexibility index (Phi) is 2.71. The van der Waals surface area contributed by atoms with Gasteiger partial charge in [-0.25, -0.2) is 5.90 Å². The third-order valence-electron chi connectivity index (χ3n) is 2.69. The van der Waals surface area contributed by atoms with Gasteiger partial charge in [-0.1, -0.05) is 23.2 Å². The number of rotatable bonds is 3. The number of hydrogen-bond acceptors (Lipinski definition) is 2. The molecule has 0 bridgehead atoms. The van der Waals surface area contributed by atoms with Gasteiger partial charge in [0.25, 0.3) is 0 Å². The molecule has 1 fully saturated rings. The van der Waals surface area contributed by atoms with E-state index in [4.69, 9.17) is 33.9 Å². The fraction of sp³-hybridized carbons (Fsp3) is 0.400. The molecule has 4 heteroatoms. The van der Waals surface area contributed by atoms with E-state index in [-0.39, 0.29) is 5.41 Å². The zero-order valence-corrected chi connectivity index (χ0v) is 9.11. The molecule has 0 heterocycles. The molecule has 0 aliphatic heterocycles. The van der Waals surface area contributed by atoms with Gasteiger partial charge in [0, 0.05) is 15.5 Å². The highest BCUT2D eigenvalue weighted by Gasteiger charge is 2.44. The van der Waals surface area contributed by atoms with E-state index in [0.29, 0.717) is 16.7 Å². The lowest BCUT2D eigenvalue weighted by atomic mass is 9.97. The summed E-state index contributed by atoms with van der Waals surface area (Å²) in [6, 6.07) is 5.59. The lowest BCUT2D eigenvalue weighted by Crippen LogP contribution is -2.18. The summed E-state index contributed by atoms with van der Waals surface area (Å²) in [5, 5.41) is 1.33. The van der Waals surface area contributed by atoms with Crippen molar-refractivity contribution >= 4 is 23.2 Å². The average Bonchev–Trinajstić information content (AvgIpc) is 2.84. The number of benzene rings is 1. The second kappa shape index (κ2) is 3.70. The highest BCUT2D eigenvalue weighted by atomic mass is 35.5. The topological polar surface area (TPSA) is 35.2 Å². The fourth-order valence-electron chi connectivity index (χ4n) is 1.69. The SMILES string of the molecule is NOCC1(c2cc(Cl)cc(Cl)c2)CC1. The lowest BCUT2D eigenvalue weighted by Gasteiger charge is -2.14. The van der Waals surface area contributed by atoms with E-state index in [1.54, 1.807) is 6.07 Å². The van der Waals surface area contributed by atoms with Crippen LogP contribution >= 0.6 is 23.2 Å². The Morgan fingerprint density at radius 1 is 1.21 bits per heavy atom.